The van der Waals surface area contributed by atoms with Crippen molar-refractivity contribution < 1.29 is 19.0 Å². The Kier molecular flexibility index (Phi) is 6.10. The second-order valence-electron chi connectivity index (χ2n) is 5.75. The molecule has 1 aliphatic rings. The highest BCUT2D eigenvalue weighted by Gasteiger charge is 2.26. The van der Waals surface area contributed by atoms with Crippen molar-refractivity contribution in [2.45, 2.75) is 19.3 Å². The Balaban J connectivity index is 2.24. The van der Waals surface area contributed by atoms with Crippen molar-refractivity contribution in [3.63, 3.8) is 0 Å². The summed E-state index contributed by atoms with van der Waals surface area (Å²) < 4.78 is 15.9. The van der Waals surface area contributed by atoms with Crippen LogP contribution in [0.5, 0.6) is 17.2 Å². The van der Waals surface area contributed by atoms with Gasteiger partial charge in [-0.3, -0.25) is 4.79 Å². The van der Waals surface area contributed by atoms with Crippen molar-refractivity contribution in [1.29, 1.82) is 0 Å². The number of benzene rings is 1. The summed E-state index contributed by atoms with van der Waals surface area (Å²) in [5.74, 6) is 1.95. The zero-order valence-electron chi connectivity index (χ0n) is 14.1. The van der Waals surface area contributed by atoms with Crippen LogP contribution in [0.4, 0.5) is 0 Å². The molecule has 0 aromatic heterocycles. The van der Waals surface area contributed by atoms with Gasteiger partial charge in [0.05, 0.1) is 21.3 Å². The molecular formula is C17H26N2O4. The van der Waals surface area contributed by atoms with E-state index in [-0.39, 0.29) is 5.91 Å². The third kappa shape index (κ3) is 3.88. The summed E-state index contributed by atoms with van der Waals surface area (Å²) in [6, 6.07) is 3.41. The average Bonchev–Trinajstić information content (AvgIpc) is 2.60. The zero-order valence-corrected chi connectivity index (χ0v) is 14.1. The van der Waals surface area contributed by atoms with E-state index in [9.17, 15) is 4.79 Å². The number of hydrogen-bond acceptors (Lipinski definition) is 5. The lowest BCUT2D eigenvalue weighted by molar-refractivity contribution is 0.0668. The molecule has 6 heteroatoms. The third-order valence-corrected chi connectivity index (χ3v) is 4.29. The SMILES string of the molecule is COc1cc(C(=O)N2CCCC(CCN)C2)cc(OC)c1OC. The van der Waals surface area contributed by atoms with Crippen LogP contribution >= 0.6 is 0 Å². The van der Waals surface area contributed by atoms with Gasteiger partial charge in [0.25, 0.3) is 5.91 Å². The van der Waals surface area contributed by atoms with Crippen molar-refractivity contribution in [2.75, 3.05) is 41.0 Å². The maximum Gasteiger partial charge on any atom is 0.254 e. The molecule has 0 saturated carbocycles. The fraction of sp³-hybridized carbons (Fsp3) is 0.588. The lowest BCUT2D eigenvalue weighted by atomic mass is 9.94. The number of rotatable bonds is 6. The molecule has 1 atom stereocenters. The molecule has 1 fully saturated rings. The average molecular weight is 322 g/mol. The molecule has 0 aliphatic carbocycles. The minimum Gasteiger partial charge on any atom is -0.493 e. The quantitative estimate of drug-likeness (QED) is 0.866. The van der Waals surface area contributed by atoms with E-state index >= 15 is 0 Å². The van der Waals surface area contributed by atoms with Gasteiger partial charge in [-0.1, -0.05) is 0 Å². The number of ether oxygens (including phenoxy) is 3. The van der Waals surface area contributed by atoms with Crippen LogP contribution in [0.25, 0.3) is 0 Å². The van der Waals surface area contributed by atoms with Crippen LogP contribution in [0, 0.1) is 5.92 Å². The Hall–Kier alpha value is -1.95. The Morgan fingerprint density at radius 3 is 2.39 bits per heavy atom. The molecule has 2 rings (SSSR count). The van der Waals surface area contributed by atoms with Gasteiger partial charge >= 0.3 is 0 Å². The van der Waals surface area contributed by atoms with Crippen LogP contribution in [-0.2, 0) is 0 Å². The second-order valence-corrected chi connectivity index (χ2v) is 5.75. The van der Waals surface area contributed by atoms with Gasteiger partial charge in [0.15, 0.2) is 11.5 Å². The maximum absolute atomic E-state index is 12.8. The van der Waals surface area contributed by atoms with Crippen LogP contribution in [0.3, 0.4) is 0 Å². The molecule has 6 nitrogen and oxygen atoms in total. The molecule has 1 amide bonds. The Morgan fingerprint density at radius 2 is 1.87 bits per heavy atom. The van der Waals surface area contributed by atoms with Crippen molar-refractivity contribution in [3.05, 3.63) is 17.7 Å². The molecule has 23 heavy (non-hydrogen) atoms. The zero-order chi connectivity index (χ0) is 16.8. The Labute approximate surface area is 137 Å². The van der Waals surface area contributed by atoms with Gasteiger partial charge in [0, 0.05) is 18.7 Å². The highest BCUT2D eigenvalue weighted by atomic mass is 16.5. The number of amides is 1. The number of methoxy groups -OCH3 is 3. The lowest BCUT2D eigenvalue weighted by Crippen LogP contribution is -2.40. The van der Waals surface area contributed by atoms with Crippen LogP contribution in [0.2, 0.25) is 0 Å². The van der Waals surface area contributed by atoms with E-state index < -0.39 is 0 Å². The summed E-state index contributed by atoms with van der Waals surface area (Å²) in [6.45, 7) is 2.19. The van der Waals surface area contributed by atoms with E-state index in [1.54, 1.807) is 33.5 Å². The minimum absolute atomic E-state index is 0.00836. The number of piperidine rings is 1. The molecule has 1 heterocycles. The predicted molar refractivity (Wildman–Crippen MR) is 88.4 cm³/mol. The summed E-state index contributed by atoms with van der Waals surface area (Å²) >= 11 is 0. The first-order chi connectivity index (χ1) is 11.1. The number of nitrogens with two attached hydrogens (primary N) is 1. The highest BCUT2D eigenvalue weighted by Crippen LogP contribution is 2.38. The van der Waals surface area contributed by atoms with Crippen LogP contribution in [0.1, 0.15) is 29.6 Å². The summed E-state index contributed by atoms with van der Waals surface area (Å²) in [7, 11) is 4.64. The van der Waals surface area contributed by atoms with Gasteiger partial charge in [-0.2, -0.15) is 0 Å². The first-order valence-electron chi connectivity index (χ1n) is 7.93. The second kappa shape index (κ2) is 8.06. The normalized spacial score (nSPS) is 17.7. The number of hydrogen-bond donors (Lipinski definition) is 1. The van der Waals surface area contributed by atoms with E-state index in [1.165, 1.54) is 0 Å². The third-order valence-electron chi connectivity index (χ3n) is 4.29. The number of nitrogens with zero attached hydrogens (tertiary/aromatic N) is 1. The fourth-order valence-electron chi connectivity index (χ4n) is 3.11. The lowest BCUT2D eigenvalue weighted by Gasteiger charge is -2.33. The van der Waals surface area contributed by atoms with Gasteiger partial charge in [-0.25, -0.2) is 0 Å². The maximum atomic E-state index is 12.8. The van der Waals surface area contributed by atoms with E-state index in [4.69, 9.17) is 19.9 Å². The molecule has 0 bridgehead atoms. The fourth-order valence-corrected chi connectivity index (χ4v) is 3.11. The first-order valence-corrected chi connectivity index (χ1v) is 7.93. The van der Waals surface area contributed by atoms with Crippen LogP contribution < -0.4 is 19.9 Å². The summed E-state index contributed by atoms with van der Waals surface area (Å²) in [5.41, 5.74) is 6.20. The van der Waals surface area contributed by atoms with Crippen LogP contribution in [-0.4, -0.2) is 51.8 Å². The summed E-state index contributed by atoms with van der Waals surface area (Å²) in [4.78, 5) is 14.7. The van der Waals surface area contributed by atoms with E-state index in [2.05, 4.69) is 0 Å². The molecule has 2 N–H and O–H groups in total. The molecule has 1 aromatic rings. The van der Waals surface area contributed by atoms with Crippen molar-refractivity contribution in [1.82, 2.24) is 4.90 Å². The molecule has 1 saturated heterocycles. The number of likely N-dealkylation sites (tertiary alicyclic amines) is 1. The molecular weight excluding hydrogens is 296 g/mol. The van der Waals surface area contributed by atoms with E-state index in [0.717, 1.165) is 32.4 Å². The van der Waals surface area contributed by atoms with E-state index in [1.807, 2.05) is 4.90 Å². The molecule has 1 unspecified atom stereocenters. The van der Waals surface area contributed by atoms with Crippen molar-refractivity contribution in [2.24, 2.45) is 11.7 Å². The molecule has 1 aromatic carbocycles. The molecule has 1 aliphatic heterocycles. The largest absolute Gasteiger partial charge is 0.493 e. The first kappa shape index (κ1) is 17.4. The van der Waals surface area contributed by atoms with Crippen molar-refractivity contribution >= 4 is 5.91 Å². The number of carbonyl (C=O) groups is 1. The molecule has 128 valence electrons. The summed E-state index contributed by atoms with van der Waals surface area (Å²) in [6.07, 6.45) is 3.11. The topological polar surface area (TPSA) is 74.0 Å². The minimum atomic E-state index is -0.00836. The monoisotopic (exact) mass is 322 g/mol. The highest BCUT2D eigenvalue weighted by molar-refractivity contribution is 5.95. The number of carbonyl (C=O) groups excluding carboxylic acids is 1. The van der Waals surface area contributed by atoms with Crippen molar-refractivity contribution in [3.8, 4) is 17.2 Å². The van der Waals surface area contributed by atoms with Gasteiger partial charge in [0.2, 0.25) is 5.75 Å². The van der Waals surface area contributed by atoms with Gasteiger partial charge in [-0.15, -0.1) is 0 Å². The van der Waals surface area contributed by atoms with E-state index in [0.29, 0.717) is 35.3 Å². The molecule has 0 radical (unpaired) electrons. The van der Waals surface area contributed by atoms with Gasteiger partial charge in [-0.05, 0) is 43.9 Å². The standard InChI is InChI=1S/C17H26N2O4/c1-21-14-9-13(10-15(22-2)16(14)23-3)17(20)19-8-4-5-12(11-19)6-7-18/h9-10,12H,4-8,11,18H2,1-3H3. The Morgan fingerprint density at radius 1 is 1.22 bits per heavy atom. The predicted octanol–water partition coefficient (Wildman–Crippen LogP) is 1.91. The van der Waals surface area contributed by atoms with Crippen LogP contribution in [0.15, 0.2) is 12.1 Å². The molecule has 0 spiro atoms. The smallest absolute Gasteiger partial charge is 0.254 e. The van der Waals surface area contributed by atoms with Gasteiger partial charge in [0.1, 0.15) is 0 Å². The summed E-state index contributed by atoms with van der Waals surface area (Å²) in [5, 5.41) is 0. The van der Waals surface area contributed by atoms with Gasteiger partial charge < -0.3 is 24.8 Å². The Bertz CT molecular complexity index is 520.